The van der Waals surface area contributed by atoms with Crippen LogP contribution in [0.1, 0.15) is 48.0 Å². The number of carboxylic acid groups (broad SMARTS) is 1. The summed E-state index contributed by atoms with van der Waals surface area (Å²) in [6, 6.07) is 0. The molecule has 0 aromatic heterocycles. The molecular formula is C15H26N4O4. The normalized spacial score (nSPS) is 15.6. The maximum absolute atomic E-state index is 10.4. The van der Waals surface area contributed by atoms with E-state index in [-0.39, 0.29) is 11.9 Å². The number of carboxylic acids is 1. The minimum absolute atomic E-state index is 0.231. The summed E-state index contributed by atoms with van der Waals surface area (Å²) < 4.78 is 0. The van der Waals surface area contributed by atoms with Gasteiger partial charge in [0.05, 0.1) is 23.8 Å². The SMILES string of the molecule is CC(C)C(=O)O.CC(C)C1=NN=NC1.CC(C)C1=NOC(=O)C1. The van der Waals surface area contributed by atoms with Crippen LogP contribution in [0.4, 0.5) is 0 Å². The van der Waals surface area contributed by atoms with Crippen LogP contribution in [0.3, 0.4) is 0 Å². The highest BCUT2D eigenvalue weighted by atomic mass is 16.7. The van der Waals surface area contributed by atoms with E-state index in [1.807, 2.05) is 13.8 Å². The summed E-state index contributed by atoms with van der Waals surface area (Å²) in [5, 5.41) is 22.6. The molecule has 2 aliphatic rings. The van der Waals surface area contributed by atoms with Gasteiger partial charge in [-0.3, -0.25) is 4.79 Å². The van der Waals surface area contributed by atoms with Gasteiger partial charge in [0, 0.05) is 0 Å². The standard InChI is InChI=1S/C6H9NO2.C5H9N3.C4H8O2/c1-4(2)5-3-6(8)9-7-5;1-4(2)5-3-6-8-7-5;1-3(2)4(5)6/h4H,3H2,1-2H3;4H,3H2,1-2H3;3H,1-2H3,(H,5,6). The van der Waals surface area contributed by atoms with E-state index in [9.17, 15) is 9.59 Å². The van der Waals surface area contributed by atoms with Crippen molar-refractivity contribution in [2.45, 2.75) is 48.0 Å². The lowest BCUT2D eigenvalue weighted by Gasteiger charge is -1.97. The van der Waals surface area contributed by atoms with Crippen LogP contribution in [-0.4, -0.2) is 35.0 Å². The third-order valence-electron chi connectivity index (χ3n) is 2.89. The zero-order chi connectivity index (χ0) is 18.0. The number of aliphatic carboxylic acids is 1. The van der Waals surface area contributed by atoms with Gasteiger partial charge in [-0.05, 0) is 17.1 Å². The van der Waals surface area contributed by atoms with Gasteiger partial charge >= 0.3 is 11.9 Å². The zero-order valence-corrected chi connectivity index (χ0v) is 14.6. The fourth-order valence-electron chi connectivity index (χ4n) is 1.15. The van der Waals surface area contributed by atoms with Gasteiger partial charge < -0.3 is 9.94 Å². The smallest absolute Gasteiger partial charge is 0.340 e. The van der Waals surface area contributed by atoms with Gasteiger partial charge in [-0.1, -0.05) is 46.7 Å². The third-order valence-corrected chi connectivity index (χ3v) is 2.89. The molecule has 0 saturated heterocycles. The quantitative estimate of drug-likeness (QED) is 0.802. The van der Waals surface area contributed by atoms with Gasteiger partial charge in [0.15, 0.2) is 0 Å². The van der Waals surface area contributed by atoms with Gasteiger partial charge in [-0.15, -0.1) is 5.10 Å². The lowest BCUT2D eigenvalue weighted by molar-refractivity contribution is -0.141. The van der Waals surface area contributed by atoms with Crippen molar-refractivity contribution < 1.29 is 19.5 Å². The Bertz CT molecular complexity index is 494. The Morgan fingerprint density at radius 2 is 1.61 bits per heavy atom. The molecule has 0 unspecified atom stereocenters. The Balaban J connectivity index is 0.000000323. The van der Waals surface area contributed by atoms with E-state index in [2.05, 4.69) is 39.3 Å². The summed E-state index contributed by atoms with van der Waals surface area (Å²) in [4.78, 5) is 24.5. The number of hydrogen-bond acceptors (Lipinski definition) is 7. The lowest BCUT2D eigenvalue weighted by atomic mass is 10.1. The second-order valence-corrected chi connectivity index (χ2v) is 6.01. The number of oxime groups is 1. The highest BCUT2D eigenvalue weighted by Gasteiger charge is 2.19. The summed E-state index contributed by atoms with van der Waals surface area (Å²) in [5.74, 6) is -0.375. The van der Waals surface area contributed by atoms with E-state index in [0.717, 1.165) is 11.4 Å². The van der Waals surface area contributed by atoms with Crippen molar-refractivity contribution in [3.05, 3.63) is 0 Å². The molecule has 0 fully saturated rings. The second-order valence-electron chi connectivity index (χ2n) is 6.01. The Kier molecular flexibility index (Phi) is 9.60. The van der Waals surface area contributed by atoms with Crippen LogP contribution in [0, 0.1) is 17.8 Å². The zero-order valence-electron chi connectivity index (χ0n) is 14.6. The Hall–Kier alpha value is -2.12. The molecule has 8 heteroatoms. The molecule has 0 amide bonds. The molecule has 0 aliphatic carbocycles. The first-order valence-corrected chi connectivity index (χ1v) is 7.57. The maximum atomic E-state index is 10.4. The molecule has 23 heavy (non-hydrogen) atoms. The summed E-state index contributed by atoms with van der Waals surface area (Å²) in [6.45, 7) is 12.1. The van der Waals surface area contributed by atoms with Gasteiger partial charge in [0.25, 0.3) is 0 Å². The first-order chi connectivity index (χ1) is 10.6. The predicted molar refractivity (Wildman–Crippen MR) is 87.5 cm³/mol. The maximum Gasteiger partial charge on any atom is 0.340 e. The van der Waals surface area contributed by atoms with Crippen LogP contribution >= 0.6 is 0 Å². The minimum Gasteiger partial charge on any atom is -0.481 e. The minimum atomic E-state index is -0.741. The van der Waals surface area contributed by atoms with Gasteiger partial charge in [0.1, 0.15) is 6.54 Å². The van der Waals surface area contributed by atoms with E-state index in [1.165, 1.54) is 0 Å². The molecule has 8 nitrogen and oxygen atoms in total. The van der Waals surface area contributed by atoms with E-state index in [0.29, 0.717) is 24.8 Å². The monoisotopic (exact) mass is 326 g/mol. The average Bonchev–Trinajstić information content (AvgIpc) is 3.10. The molecule has 0 bridgehead atoms. The summed E-state index contributed by atoms with van der Waals surface area (Å²) in [5.41, 5.74) is 1.94. The number of carbonyl (C=O) groups excluding carboxylic acids is 1. The van der Waals surface area contributed by atoms with Crippen molar-refractivity contribution in [1.82, 2.24) is 0 Å². The number of hydrogen-bond donors (Lipinski definition) is 1. The molecule has 1 N–H and O–H groups in total. The molecule has 2 heterocycles. The molecule has 2 aliphatic heterocycles. The van der Waals surface area contributed by atoms with Gasteiger partial charge in [-0.25, -0.2) is 4.79 Å². The third kappa shape index (κ3) is 9.49. The van der Waals surface area contributed by atoms with Crippen molar-refractivity contribution in [3.63, 3.8) is 0 Å². The molecule has 0 aromatic carbocycles. The molecule has 2 rings (SSSR count). The number of carbonyl (C=O) groups is 2. The van der Waals surface area contributed by atoms with Crippen molar-refractivity contribution in [2.75, 3.05) is 6.54 Å². The van der Waals surface area contributed by atoms with Gasteiger partial charge in [-0.2, -0.15) is 5.11 Å². The molecule has 0 spiro atoms. The summed E-state index contributed by atoms with van der Waals surface area (Å²) in [6.07, 6.45) is 0.373. The molecule has 130 valence electrons. The second kappa shape index (κ2) is 10.6. The number of nitrogens with zero attached hydrogens (tertiary/aromatic N) is 4. The van der Waals surface area contributed by atoms with E-state index in [4.69, 9.17) is 5.11 Å². The van der Waals surface area contributed by atoms with Crippen LogP contribution in [0.5, 0.6) is 0 Å². The van der Waals surface area contributed by atoms with Gasteiger partial charge in [0.2, 0.25) is 0 Å². The summed E-state index contributed by atoms with van der Waals surface area (Å²) in [7, 11) is 0. The van der Waals surface area contributed by atoms with Crippen LogP contribution in [0.2, 0.25) is 0 Å². The van der Waals surface area contributed by atoms with Crippen molar-refractivity contribution >= 4 is 23.4 Å². The highest BCUT2D eigenvalue weighted by Crippen LogP contribution is 2.09. The van der Waals surface area contributed by atoms with Crippen LogP contribution in [-0.2, 0) is 14.4 Å². The van der Waals surface area contributed by atoms with Crippen molar-refractivity contribution in [2.24, 2.45) is 38.3 Å². The molecule has 0 saturated carbocycles. The van der Waals surface area contributed by atoms with Crippen LogP contribution < -0.4 is 0 Å². The fraction of sp³-hybridized carbons (Fsp3) is 0.733. The molecule has 0 aromatic rings. The van der Waals surface area contributed by atoms with E-state index < -0.39 is 5.97 Å². The van der Waals surface area contributed by atoms with Crippen LogP contribution in [0.25, 0.3) is 0 Å². The fourth-order valence-corrected chi connectivity index (χ4v) is 1.15. The van der Waals surface area contributed by atoms with Crippen LogP contribution in [0.15, 0.2) is 20.6 Å². The molecular weight excluding hydrogens is 300 g/mol. The Labute approximate surface area is 136 Å². The molecule has 0 radical (unpaired) electrons. The average molecular weight is 326 g/mol. The molecule has 0 atom stereocenters. The first kappa shape index (κ1) is 20.9. The summed E-state index contributed by atoms with van der Waals surface area (Å²) >= 11 is 0. The lowest BCUT2D eigenvalue weighted by Crippen LogP contribution is -2.07. The largest absolute Gasteiger partial charge is 0.481 e. The Morgan fingerprint density at radius 3 is 1.78 bits per heavy atom. The van der Waals surface area contributed by atoms with E-state index in [1.54, 1.807) is 13.8 Å². The predicted octanol–water partition coefficient (Wildman–Crippen LogP) is 3.14. The van der Waals surface area contributed by atoms with E-state index >= 15 is 0 Å². The topological polar surface area (TPSA) is 113 Å². The highest BCUT2D eigenvalue weighted by molar-refractivity contribution is 6.02. The number of rotatable bonds is 3. The van der Waals surface area contributed by atoms with Crippen molar-refractivity contribution in [3.8, 4) is 0 Å². The van der Waals surface area contributed by atoms with Crippen molar-refractivity contribution in [1.29, 1.82) is 0 Å². The first-order valence-electron chi connectivity index (χ1n) is 7.57. The Morgan fingerprint density at radius 1 is 1.09 bits per heavy atom.